The standard InChI is InChI=1S/C20H20N2O4/c1-11(23)12-4-6-15(7-5-12)21-16(24)8-9-22-19(25)17-13-2-3-14(10-13)18(17)20(22)26/h2-7,13-14,17-18H,8-10H2,1H3,(H,21,24)/t13-,14-,17-,18-/m0/s1. The topological polar surface area (TPSA) is 83.6 Å². The Labute approximate surface area is 151 Å². The number of amides is 3. The third-order valence-corrected chi connectivity index (χ3v) is 5.70. The Kier molecular flexibility index (Phi) is 3.98. The smallest absolute Gasteiger partial charge is 0.233 e. The number of benzene rings is 1. The van der Waals surface area contributed by atoms with E-state index < -0.39 is 0 Å². The molecule has 134 valence electrons. The summed E-state index contributed by atoms with van der Waals surface area (Å²) in [7, 11) is 0. The molecule has 3 aliphatic rings. The van der Waals surface area contributed by atoms with Gasteiger partial charge in [-0.15, -0.1) is 0 Å². The minimum Gasteiger partial charge on any atom is -0.326 e. The molecule has 6 heteroatoms. The molecule has 0 aromatic heterocycles. The Morgan fingerprint density at radius 2 is 1.62 bits per heavy atom. The number of nitrogens with zero attached hydrogens (tertiary/aromatic N) is 1. The summed E-state index contributed by atoms with van der Waals surface area (Å²) in [5.41, 5.74) is 1.16. The Balaban J connectivity index is 1.34. The zero-order valence-electron chi connectivity index (χ0n) is 14.5. The molecule has 1 heterocycles. The van der Waals surface area contributed by atoms with Crippen LogP contribution in [-0.2, 0) is 14.4 Å². The lowest BCUT2D eigenvalue weighted by atomic mass is 9.85. The van der Waals surface area contributed by atoms with Crippen LogP contribution in [0.5, 0.6) is 0 Å². The summed E-state index contributed by atoms with van der Waals surface area (Å²) < 4.78 is 0. The molecule has 0 spiro atoms. The van der Waals surface area contributed by atoms with Crippen molar-refractivity contribution >= 4 is 29.2 Å². The summed E-state index contributed by atoms with van der Waals surface area (Å²) in [5.74, 6) is -0.646. The lowest BCUT2D eigenvalue weighted by molar-refractivity contribution is -0.140. The van der Waals surface area contributed by atoms with Crippen molar-refractivity contribution in [3.05, 3.63) is 42.0 Å². The highest BCUT2D eigenvalue weighted by atomic mass is 16.2. The van der Waals surface area contributed by atoms with E-state index in [0.29, 0.717) is 11.3 Å². The number of allylic oxidation sites excluding steroid dienone is 2. The van der Waals surface area contributed by atoms with Gasteiger partial charge in [0.2, 0.25) is 17.7 Å². The van der Waals surface area contributed by atoms with E-state index >= 15 is 0 Å². The SMILES string of the molecule is CC(=O)c1ccc(NC(=O)CCN2C(=O)[C@@H]3[C@@H](C2=O)[C@H]2C=C[C@H]3C2)cc1. The molecular formula is C20H20N2O4. The van der Waals surface area contributed by atoms with Gasteiger partial charge in [0.1, 0.15) is 0 Å². The van der Waals surface area contributed by atoms with Gasteiger partial charge in [-0.1, -0.05) is 12.2 Å². The number of nitrogens with one attached hydrogen (secondary N) is 1. The summed E-state index contributed by atoms with van der Waals surface area (Å²) >= 11 is 0. The lowest BCUT2D eigenvalue weighted by Gasteiger charge is -2.17. The first-order valence-corrected chi connectivity index (χ1v) is 8.90. The summed E-state index contributed by atoms with van der Waals surface area (Å²) in [6, 6.07) is 6.62. The second-order valence-corrected chi connectivity index (χ2v) is 7.26. The number of rotatable bonds is 5. The van der Waals surface area contributed by atoms with Crippen molar-refractivity contribution in [3.63, 3.8) is 0 Å². The number of hydrogen-bond donors (Lipinski definition) is 1. The van der Waals surface area contributed by atoms with Gasteiger partial charge in [-0.05, 0) is 49.4 Å². The largest absolute Gasteiger partial charge is 0.326 e. The van der Waals surface area contributed by atoms with Crippen molar-refractivity contribution in [2.24, 2.45) is 23.7 Å². The van der Waals surface area contributed by atoms with E-state index in [2.05, 4.69) is 17.5 Å². The number of imide groups is 1. The highest BCUT2D eigenvalue weighted by Crippen LogP contribution is 2.52. The second-order valence-electron chi connectivity index (χ2n) is 7.26. The van der Waals surface area contributed by atoms with E-state index in [1.165, 1.54) is 11.8 Å². The predicted molar refractivity (Wildman–Crippen MR) is 94.1 cm³/mol. The van der Waals surface area contributed by atoms with Gasteiger partial charge in [0.25, 0.3) is 0 Å². The van der Waals surface area contributed by atoms with Crippen LogP contribution in [0.1, 0.15) is 30.1 Å². The molecule has 0 unspecified atom stereocenters. The Bertz CT molecular complexity index is 797. The fourth-order valence-electron chi connectivity index (χ4n) is 4.41. The number of likely N-dealkylation sites (tertiary alicyclic amines) is 1. The zero-order chi connectivity index (χ0) is 18.4. The van der Waals surface area contributed by atoms with Crippen LogP contribution >= 0.6 is 0 Å². The number of hydrogen-bond acceptors (Lipinski definition) is 4. The molecule has 1 aromatic carbocycles. The van der Waals surface area contributed by atoms with E-state index in [9.17, 15) is 19.2 Å². The molecule has 2 bridgehead atoms. The molecule has 26 heavy (non-hydrogen) atoms. The number of carbonyl (C=O) groups excluding carboxylic acids is 4. The van der Waals surface area contributed by atoms with Gasteiger partial charge in [0.05, 0.1) is 11.8 Å². The molecule has 1 aromatic rings. The molecule has 0 radical (unpaired) electrons. The van der Waals surface area contributed by atoms with E-state index in [1.54, 1.807) is 24.3 Å². The Hall–Kier alpha value is -2.76. The number of ketones is 1. The van der Waals surface area contributed by atoms with Crippen molar-refractivity contribution in [1.82, 2.24) is 4.90 Å². The molecule has 1 N–H and O–H groups in total. The van der Waals surface area contributed by atoms with Gasteiger partial charge >= 0.3 is 0 Å². The summed E-state index contributed by atoms with van der Waals surface area (Å²) in [5, 5.41) is 2.73. The quantitative estimate of drug-likeness (QED) is 0.499. The first-order chi connectivity index (χ1) is 12.5. The molecule has 4 rings (SSSR count). The van der Waals surface area contributed by atoms with Crippen LogP contribution in [0.2, 0.25) is 0 Å². The Morgan fingerprint density at radius 3 is 2.15 bits per heavy atom. The third kappa shape index (κ3) is 2.66. The number of carbonyl (C=O) groups is 4. The van der Waals surface area contributed by atoms with Gasteiger partial charge in [0, 0.05) is 24.2 Å². The third-order valence-electron chi connectivity index (χ3n) is 5.70. The predicted octanol–water partition coefficient (Wildman–Crippen LogP) is 2.02. The molecular weight excluding hydrogens is 332 g/mol. The van der Waals surface area contributed by atoms with Crippen LogP contribution < -0.4 is 5.32 Å². The maximum Gasteiger partial charge on any atom is 0.233 e. The summed E-state index contributed by atoms with van der Waals surface area (Å²) in [6.07, 6.45) is 5.07. The maximum atomic E-state index is 12.6. The van der Waals surface area contributed by atoms with Gasteiger partial charge in [0.15, 0.2) is 5.78 Å². The molecule has 1 aliphatic heterocycles. The number of fused-ring (bicyclic) bond motifs is 5. The number of Topliss-reactive ketones (excluding diaryl/α,β-unsaturated/α-hetero) is 1. The highest BCUT2D eigenvalue weighted by Gasteiger charge is 2.58. The van der Waals surface area contributed by atoms with Crippen LogP contribution in [0, 0.1) is 23.7 Å². The minimum absolute atomic E-state index is 0.0389. The van der Waals surface area contributed by atoms with Crippen LogP contribution in [0.4, 0.5) is 5.69 Å². The highest BCUT2D eigenvalue weighted by molar-refractivity contribution is 6.06. The average Bonchev–Trinajstić information content (AvgIpc) is 3.28. The van der Waals surface area contributed by atoms with Crippen LogP contribution in [0.3, 0.4) is 0 Å². The van der Waals surface area contributed by atoms with E-state index in [1.807, 2.05) is 0 Å². The Morgan fingerprint density at radius 1 is 1.04 bits per heavy atom. The van der Waals surface area contributed by atoms with Crippen LogP contribution in [0.15, 0.2) is 36.4 Å². The summed E-state index contributed by atoms with van der Waals surface area (Å²) in [6.45, 7) is 1.59. The van der Waals surface area contributed by atoms with Gasteiger partial charge in [-0.25, -0.2) is 0 Å². The molecule has 1 saturated carbocycles. The van der Waals surface area contributed by atoms with Gasteiger partial charge < -0.3 is 5.32 Å². The summed E-state index contributed by atoms with van der Waals surface area (Å²) in [4.78, 5) is 49.8. The zero-order valence-corrected chi connectivity index (χ0v) is 14.5. The maximum absolute atomic E-state index is 12.6. The van der Waals surface area contributed by atoms with E-state index in [-0.39, 0.29) is 60.1 Å². The monoisotopic (exact) mass is 352 g/mol. The fraction of sp³-hybridized carbons (Fsp3) is 0.400. The normalized spacial score (nSPS) is 28.6. The first-order valence-electron chi connectivity index (χ1n) is 8.90. The molecule has 2 aliphatic carbocycles. The molecule has 3 amide bonds. The van der Waals surface area contributed by atoms with Crippen molar-refractivity contribution in [3.8, 4) is 0 Å². The minimum atomic E-state index is -0.265. The van der Waals surface area contributed by atoms with Crippen LogP contribution in [0.25, 0.3) is 0 Å². The average molecular weight is 352 g/mol. The van der Waals surface area contributed by atoms with E-state index in [4.69, 9.17) is 0 Å². The molecule has 1 saturated heterocycles. The van der Waals surface area contributed by atoms with Crippen molar-refractivity contribution in [1.29, 1.82) is 0 Å². The second kappa shape index (κ2) is 6.20. The van der Waals surface area contributed by atoms with Crippen molar-refractivity contribution in [2.45, 2.75) is 19.8 Å². The van der Waals surface area contributed by atoms with Crippen LogP contribution in [-0.4, -0.2) is 34.9 Å². The fourth-order valence-corrected chi connectivity index (χ4v) is 4.41. The number of anilines is 1. The lowest BCUT2D eigenvalue weighted by Crippen LogP contribution is -2.35. The van der Waals surface area contributed by atoms with E-state index in [0.717, 1.165) is 6.42 Å². The molecule has 4 atom stereocenters. The molecule has 6 nitrogen and oxygen atoms in total. The van der Waals surface area contributed by atoms with Gasteiger partial charge in [-0.3, -0.25) is 24.1 Å². The molecule has 2 fully saturated rings. The van der Waals surface area contributed by atoms with Crippen molar-refractivity contribution in [2.75, 3.05) is 11.9 Å². The van der Waals surface area contributed by atoms with Crippen molar-refractivity contribution < 1.29 is 19.2 Å². The first kappa shape index (κ1) is 16.7. The van der Waals surface area contributed by atoms with Gasteiger partial charge in [-0.2, -0.15) is 0 Å².